The monoisotopic (exact) mass is 270 g/mol. The van der Waals surface area contributed by atoms with Crippen molar-refractivity contribution < 1.29 is 19.1 Å². The Morgan fingerprint density at radius 1 is 1.26 bits per heavy atom. The Bertz CT molecular complexity index is 322. The van der Waals surface area contributed by atoms with E-state index in [0.29, 0.717) is 11.3 Å². The molecule has 0 bridgehead atoms. The van der Waals surface area contributed by atoms with E-state index in [4.69, 9.17) is 9.47 Å². The molecule has 19 heavy (non-hydrogen) atoms. The van der Waals surface area contributed by atoms with Crippen molar-refractivity contribution in [1.82, 2.24) is 0 Å². The van der Waals surface area contributed by atoms with Crippen LogP contribution >= 0.6 is 0 Å². The van der Waals surface area contributed by atoms with Gasteiger partial charge in [-0.1, -0.05) is 27.2 Å². The molecule has 1 rings (SSSR count). The molecule has 0 unspecified atom stereocenters. The number of hydrogen-bond donors (Lipinski definition) is 0. The van der Waals surface area contributed by atoms with Gasteiger partial charge in [0.25, 0.3) is 0 Å². The Labute approximate surface area is 115 Å². The predicted molar refractivity (Wildman–Crippen MR) is 72.5 cm³/mol. The highest BCUT2D eigenvalue weighted by atomic mass is 16.6. The Morgan fingerprint density at radius 2 is 1.89 bits per heavy atom. The molecule has 0 aromatic heterocycles. The topological polar surface area (TPSA) is 52.6 Å². The molecule has 0 radical (unpaired) electrons. The van der Waals surface area contributed by atoms with E-state index in [1.807, 2.05) is 6.92 Å². The second-order valence-corrected chi connectivity index (χ2v) is 6.32. The van der Waals surface area contributed by atoms with Gasteiger partial charge in [-0.25, -0.2) is 0 Å². The summed E-state index contributed by atoms with van der Waals surface area (Å²) in [4.78, 5) is 22.5. The number of esters is 2. The molecule has 0 amide bonds. The summed E-state index contributed by atoms with van der Waals surface area (Å²) >= 11 is 0. The largest absolute Gasteiger partial charge is 0.462 e. The molecule has 110 valence electrons. The fourth-order valence-electron chi connectivity index (χ4n) is 2.84. The van der Waals surface area contributed by atoms with Crippen molar-refractivity contribution in [3.8, 4) is 0 Å². The summed E-state index contributed by atoms with van der Waals surface area (Å²) in [6, 6.07) is 0. The molecule has 0 heterocycles. The SMILES string of the molecule is CC(=O)OCCOC(=O)[C@H](C)[C@@H]1CCCC(C)(C)C1. The quantitative estimate of drug-likeness (QED) is 0.569. The highest BCUT2D eigenvalue weighted by Crippen LogP contribution is 2.41. The maximum Gasteiger partial charge on any atom is 0.309 e. The van der Waals surface area contributed by atoms with Crippen LogP contribution < -0.4 is 0 Å². The van der Waals surface area contributed by atoms with Gasteiger partial charge in [-0.05, 0) is 30.6 Å². The van der Waals surface area contributed by atoms with E-state index in [9.17, 15) is 9.59 Å². The Balaban J connectivity index is 2.33. The number of hydrogen-bond acceptors (Lipinski definition) is 4. The van der Waals surface area contributed by atoms with Crippen LogP contribution in [0.5, 0.6) is 0 Å². The summed E-state index contributed by atoms with van der Waals surface area (Å²) in [6.45, 7) is 8.10. The predicted octanol–water partition coefficient (Wildman–Crippen LogP) is 2.95. The van der Waals surface area contributed by atoms with E-state index >= 15 is 0 Å². The van der Waals surface area contributed by atoms with Gasteiger partial charge in [-0.3, -0.25) is 9.59 Å². The van der Waals surface area contributed by atoms with Crippen molar-refractivity contribution in [2.75, 3.05) is 13.2 Å². The average molecular weight is 270 g/mol. The second-order valence-electron chi connectivity index (χ2n) is 6.32. The van der Waals surface area contributed by atoms with Crippen LogP contribution in [0.25, 0.3) is 0 Å². The van der Waals surface area contributed by atoms with Crippen molar-refractivity contribution in [2.45, 2.75) is 53.4 Å². The van der Waals surface area contributed by atoms with Gasteiger partial charge in [-0.2, -0.15) is 0 Å². The Hall–Kier alpha value is -1.06. The van der Waals surface area contributed by atoms with E-state index in [2.05, 4.69) is 13.8 Å². The minimum Gasteiger partial charge on any atom is -0.462 e. The molecular formula is C15H26O4. The third kappa shape index (κ3) is 5.62. The first kappa shape index (κ1) is 16.0. The van der Waals surface area contributed by atoms with Gasteiger partial charge in [-0.15, -0.1) is 0 Å². The van der Waals surface area contributed by atoms with Crippen LogP contribution in [-0.2, 0) is 19.1 Å². The van der Waals surface area contributed by atoms with E-state index in [1.165, 1.54) is 19.8 Å². The summed E-state index contributed by atoms with van der Waals surface area (Å²) < 4.78 is 9.89. The highest BCUT2D eigenvalue weighted by Gasteiger charge is 2.34. The first-order valence-corrected chi connectivity index (χ1v) is 7.12. The standard InChI is InChI=1S/C15H26O4/c1-11(13-6-5-7-15(3,4)10-13)14(17)19-9-8-18-12(2)16/h11,13H,5-10H2,1-4H3/t11-,13-/m1/s1. The van der Waals surface area contributed by atoms with Crippen LogP contribution in [0.15, 0.2) is 0 Å². The van der Waals surface area contributed by atoms with Gasteiger partial charge in [0.05, 0.1) is 5.92 Å². The molecule has 4 nitrogen and oxygen atoms in total. The molecule has 1 aliphatic rings. The molecule has 1 aliphatic carbocycles. The lowest BCUT2D eigenvalue weighted by atomic mass is 9.68. The zero-order chi connectivity index (χ0) is 14.5. The molecule has 0 aromatic rings. The minimum absolute atomic E-state index is 0.0723. The summed E-state index contributed by atoms with van der Waals surface area (Å²) in [5, 5.41) is 0. The van der Waals surface area contributed by atoms with Gasteiger partial charge in [0, 0.05) is 6.92 Å². The average Bonchev–Trinajstić information content (AvgIpc) is 2.32. The molecule has 2 atom stereocenters. The molecule has 1 saturated carbocycles. The van der Waals surface area contributed by atoms with E-state index in [-0.39, 0.29) is 31.1 Å². The summed E-state index contributed by atoms with van der Waals surface area (Å²) in [5.41, 5.74) is 0.329. The zero-order valence-corrected chi connectivity index (χ0v) is 12.5. The van der Waals surface area contributed by atoms with Gasteiger partial charge in [0.15, 0.2) is 0 Å². The van der Waals surface area contributed by atoms with Crippen molar-refractivity contribution in [1.29, 1.82) is 0 Å². The van der Waals surface area contributed by atoms with Gasteiger partial charge < -0.3 is 9.47 Å². The van der Waals surface area contributed by atoms with Gasteiger partial charge >= 0.3 is 11.9 Å². The van der Waals surface area contributed by atoms with Crippen molar-refractivity contribution in [3.63, 3.8) is 0 Å². The minimum atomic E-state index is -0.349. The molecule has 4 heteroatoms. The third-order valence-electron chi connectivity index (χ3n) is 3.96. The summed E-state index contributed by atoms with van der Waals surface area (Å²) in [5.74, 6) is -0.185. The fourth-order valence-corrected chi connectivity index (χ4v) is 2.84. The van der Waals surface area contributed by atoms with Crippen molar-refractivity contribution >= 4 is 11.9 Å². The van der Waals surface area contributed by atoms with Crippen molar-refractivity contribution in [2.24, 2.45) is 17.3 Å². The number of ether oxygens (including phenoxy) is 2. The molecule has 0 aliphatic heterocycles. The maximum atomic E-state index is 11.9. The van der Waals surface area contributed by atoms with E-state index < -0.39 is 0 Å². The zero-order valence-electron chi connectivity index (χ0n) is 12.5. The smallest absolute Gasteiger partial charge is 0.309 e. The lowest BCUT2D eigenvalue weighted by Crippen LogP contribution is -2.31. The Morgan fingerprint density at radius 3 is 2.47 bits per heavy atom. The van der Waals surface area contributed by atoms with Gasteiger partial charge in [0.2, 0.25) is 0 Å². The number of carbonyl (C=O) groups excluding carboxylic acids is 2. The molecule has 0 N–H and O–H groups in total. The van der Waals surface area contributed by atoms with Crippen LogP contribution in [0, 0.1) is 17.3 Å². The fraction of sp³-hybridized carbons (Fsp3) is 0.867. The third-order valence-corrected chi connectivity index (χ3v) is 3.96. The van der Waals surface area contributed by atoms with Crippen LogP contribution in [0.1, 0.15) is 53.4 Å². The van der Waals surface area contributed by atoms with E-state index in [0.717, 1.165) is 12.8 Å². The first-order chi connectivity index (χ1) is 8.82. The lowest BCUT2D eigenvalue weighted by Gasteiger charge is -2.37. The first-order valence-electron chi connectivity index (χ1n) is 7.12. The molecule has 1 fully saturated rings. The molecule has 0 saturated heterocycles. The van der Waals surface area contributed by atoms with Crippen LogP contribution in [0.2, 0.25) is 0 Å². The van der Waals surface area contributed by atoms with Crippen LogP contribution in [0.4, 0.5) is 0 Å². The number of carbonyl (C=O) groups is 2. The van der Waals surface area contributed by atoms with Crippen LogP contribution in [0.3, 0.4) is 0 Å². The normalized spacial score (nSPS) is 23.5. The lowest BCUT2D eigenvalue weighted by molar-refractivity contribution is -0.155. The van der Waals surface area contributed by atoms with E-state index in [1.54, 1.807) is 0 Å². The van der Waals surface area contributed by atoms with Crippen LogP contribution in [-0.4, -0.2) is 25.2 Å². The number of rotatable bonds is 5. The molecule has 0 aromatic carbocycles. The summed E-state index contributed by atoms with van der Waals surface area (Å²) in [6.07, 6.45) is 4.59. The molecular weight excluding hydrogens is 244 g/mol. The Kier molecular flexibility index (Phi) is 5.83. The summed E-state index contributed by atoms with van der Waals surface area (Å²) in [7, 11) is 0. The second kappa shape index (κ2) is 6.92. The molecule has 0 spiro atoms. The van der Waals surface area contributed by atoms with Crippen molar-refractivity contribution in [3.05, 3.63) is 0 Å². The maximum absolute atomic E-state index is 11.9. The highest BCUT2D eigenvalue weighted by molar-refractivity contribution is 5.72. The van der Waals surface area contributed by atoms with Gasteiger partial charge in [0.1, 0.15) is 13.2 Å².